The van der Waals surface area contributed by atoms with Crippen LogP contribution in [0.25, 0.3) is 0 Å². The number of carboxylic acid groups (broad SMARTS) is 1. The molecule has 0 bridgehead atoms. The molecule has 1 atom stereocenters. The lowest BCUT2D eigenvalue weighted by Gasteiger charge is -2.34. The van der Waals surface area contributed by atoms with Gasteiger partial charge in [-0.1, -0.05) is 13.0 Å². The van der Waals surface area contributed by atoms with Gasteiger partial charge in [0.1, 0.15) is 0 Å². The number of aryl methyl sites for hydroxylation is 1. The third kappa shape index (κ3) is 3.26. The number of nitrogens with zero attached hydrogens (tertiary/aromatic N) is 2. The van der Waals surface area contributed by atoms with Crippen molar-refractivity contribution in [3.8, 4) is 0 Å². The number of fused-ring (bicyclic) bond motifs is 2. The van der Waals surface area contributed by atoms with Crippen LogP contribution in [-0.2, 0) is 17.6 Å². The SMILES string of the molecule is COCCN1CCCc2cc3c(c(Br)c21)C(C)CN(C(=O)O)CC3. The monoisotopic (exact) mass is 396 g/mol. The summed E-state index contributed by atoms with van der Waals surface area (Å²) in [5.41, 5.74) is 5.24. The van der Waals surface area contributed by atoms with Gasteiger partial charge in [0.05, 0.1) is 12.3 Å². The van der Waals surface area contributed by atoms with Gasteiger partial charge in [0.15, 0.2) is 0 Å². The lowest BCUT2D eigenvalue weighted by molar-refractivity contribution is 0.145. The highest BCUT2D eigenvalue weighted by Gasteiger charge is 2.29. The third-order valence-corrected chi connectivity index (χ3v) is 5.91. The van der Waals surface area contributed by atoms with Crippen LogP contribution in [0.15, 0.2) is 10.5 Å². The summed E-state index contributed by atoms with van der Waals surface area (Å²) >= 11 is 3.87. The lowest BCUT2D eigenvalue weighted by Crippen LogP contribution is -2.33. The predicted octanol–water partition coefficient (Wildman–Crippen LogP) is 3.49. The number of benzene rings is 1. The second kappa shape index (κ2) is 7.31. The molecule has 6 heteroatoms. The molecular weight excluding hydrogens is 372 g/mol. The first-order chi connectivity index (χ1) is 11.5. The van der Waals surface area contributed by atoms with Crippen LogP contribution >= 0.6 is 15.9 Å². The maximum Gasteiger partial charge on any atom is 0.407 e. The zero-order valence-corrected chi connectivity index (χ0v) is 15.9. The Labute approximate surface area is 151 Å². The molecule has 1 amide bonds. The van der Waals surface area contributed by atoms with Gasteiger partial charge in [-0.05, 0) is 51.9 Å². The first-order valence-corrected chi connectivity index (χ1v) is 9.38. The highest BCUT2D eigenvalue weighted by Crippen LogP contribution is 2.43. The standard InChI is InChI=1S/C18H25BrN2O3/c1-12-11-21(18(22)23)7-5-13-10-14-4-3-6-20(8-9-24-2)17(14)16(19)15(12)13/h10,12H,3-9,11H2,1-2H3,(H,22,23). The van der Waals surface area contributed by atoms with Crippen molar-refractivity contribution in [3.63, 3.8) is 0 Å². The van der Waals surface area contributed by atoms with Crippen LogP contribution in [0.4, 0.5) is 10.5 Å². The van der Waals surface area contributed by atoms with Gasteiger partial charge in [0.2, 0.25) is 0 Å². The molecule has 1 aromatic carbocycles. The molecule has 0 fully saturated rings. The van der Waals surface area contributed by atoms with E-state index in [0.717, 1.165) is 36.8 Å². The molecule has 2 aliphatic heterocycles. The number of rotatable bonds is 3. The van der Waals surface area contributed by atoms with E-state index in [4.69, 9.17) is 4.74 Å². The van der Waals surface area contributed by atoms with Crippen molar-refractivity contribution in [1.82, 2.24) is 4.90 Å². The Morgan fingerprint density at radius 2 is 2.17 bits per heavy atom. The van der Waals surface area contributed by atoms with Gasteiger partial charge in [-0.25, -0.2) is 4.79 Å². The molecule has 2 aliphatic rings. The van der Waals surface area contributed by atoms with E-state index in [1.807, 2.05) is 0 Å². The van der Waals surface area contributed by atoms with Gasteiger partial charge >= 0.3 is 6.09 Å². The van der Waals surface area contributed by atoms with Crippen molar-refractivity contribution >= 4 is 27.7 Å². The van der Waals surface area contributed by atoms with E-state index < -0.39 is 6.09 Å². The van der Waals surface area contributed by atoms with E-state index in [-0.39, 0.29) is 5.92 Å². The van der Waals surface area contributed by atoms with Crippen LogP contribution in [0.1, 0.15) is 36.0 Å². The summed E-state index contributed by atoms with van der Waals surface area (Å²) in [6.45, 7) is 5.90. The number of methoxy groups -OCH3 is 1. The number of halogens is 1. The summed E-state index contributed by atoms with van der Waals surface area (Å²) in [5, 5.41) is 9.37. The van der Waals surface area contributed by atoms with E-state index in [1.165, 1.54) is 22.4 Å². The van der Waals surface area contributed by atoms with Gasteiger partial charge in [0.25, 0.3) is 0 Å². The van der Waals surface area contributed by atoms with E-state index in [2.05, 4.69) is 33.8 Å². The van der Waals surface area contributed by atoms with E-state index in [9.17, 15) is 9.90 Å². The topological polar surface area (TPSA) is 53.0 Å². The summed E-state index contributed by atoms with van der Waals surface area (Å²) in [4.78, 5) is 15.3. The fraction of sp³-hybridized carbons (Fsp3) is 0.611. The average Bonchev–Trinajstić information content (AvgIpc) is 2.72. The molecular formula is C18H25BrN2O3. The number of ether oxygens (including phenoxy) is 1. The molecule has 5 nitrogen and oxygen atoms in total. The summed E-state index contributed by atoms with van der Waals surface area (Å²) in [5.74, 6) is 0.185. The summed E-state index contributed by atoms with van der Waals surface area (Å²) in [6.07, 6.45) is 2.20. The van der Waals surface area contributed by atoms with E-state index in [0.29, 0.717) is 19.7 Å². The highest BCUT2D eigenvalue weighted by atomic mass is 79.9. The smallest absolute Gasteiger partial charge is 0.407 e. The molecule has 1 aromatic rings. The first-order valence-electron chi connectivity index (χ1n) is 8.58. The Bertz CT molecular complexity index is 635. The van der Waals surface area contributed by atoms with Gasteiger partial charge in [-0.3, -0.25) is 0 Å². The Morgan fingerprint density at radius 3 is 2.88 bits per heavy atom. The van der Waals surface area contributed by atoms with Crippen LogP contribution in [0, 0.1) is 0 Å². The number of carbonyl (C=O) groups is 1. The number of hydrogen-bond acceptors (Lipinski definition) is 3. The van der Waals surface area contributed by atoms with Gasteiger partial charge < -0.3 is 19.6 Å². The van der Waals surface area contributed by atoms with E-state index >= 15 is 0 Å². The molecule has 0 saturated carbocycles. The molecule has 132 valence electrons. The summed E-state index contributed by atoms with van der Waals surface area (Å²) < 4.78 is 6.42. The Balaban J connectivity index is 2.01. The minimum absolute atomic E-state index is 0.185. The van der Waals surface area contributed by atoms with Gasteiger partial charge in [0, 0.05) is 43.7 Å². The van der Waals surface area contributed by atoms with Gasteiger partial charge in [-0.15, -0.1) is 0 Å². The van der Waals surface area contributed by atoms with Crippen molar-refractivity contribution < 1.29 is 14.6 Å². The maximum atomic E-state index is 11.4. The Hall–Kier alpha value is -1.27. The molecule has 24 heavy (non-hydrogen) atoms. The Morgan fingerprint density at radius 1 is 1.38 bits per heavy atom. The minimum Gasteiger partial charge on any atom is -0.465 e. The van der Waals surface area contributed by atoms with Crippen LogP contribution in [0.2, 0.25) is 0 Å². The average molecular weight is 397 g/mol. The van der Waals surface area contributed by atoms with Crippen molar-refractivity contribution in [2.75, 3.05) is 44.8 Å². The predicted molar refractivity (Wildman–Crippen MR) is 98.3 cm³/mol. The summed E-state index contributed by atoms with van der Waals surface area (Å²) in [7, 11) is 1.74. The second-order valence-electron chi connectivity index (χ2n) is 6.73. The summed E-state index contributed by atoms with van der Waals surface area (Å²) in [6, 6.07) is 2.32. The van der Waals surface area contributed by atoms with Gasteiger partial charge in [-0.2, -0.15) is 0 Å². The third-order valence-electron chi connectivity index (χ3n) is 5.11. The van der Waals surface area contributed by atoms with Crippen LogP contribution in [0.5, 0.6) is 0 Å². The molecule has 1 unspecified atom stereocenters. The molecule has 0 spiro atoms. The van der Waals surface area contributed by atoms with Crippen molar-refractivity contribution in [3.05, 3.63) is 27.2 Å². The molecule has 0 radical (unpaired) electrons. The highest BCUT2D eigenvalue weighted by molar-refractivity contribution is 9.10. The minimum atomic E-state index is -0.822. The molecule has 1 N–H and O–H groups in total. The van der Waals surface area contributed by atoms with Crippen molar-refractivity contribution in [2.45, 2.75) is 32.1 Å². The van der Waals surface area contributed by atoms with E-state index in [1.54, 1.807) is 12.0 Å². The first kappa shape index (κ1) is 17.5. The second-order valence-corrected chi connectivity index (χ2v) is 7.53. The molecule has 2 heterocycles. The van der Waals surface area contributed by atoms with Crippen molar-refractivity contribution in [1.29, 1.82) is 0 Å². The van der Waals surface area contributed by atoms with Crippen LogP contribution in [0.3, 0.4) is 0 Å². The fourth-order valence-corrected chi connectivity index (χ4v) is 5.13. The number of anilines is 1. The molecule has 0 saturated heterocycles. The van der Waals surface area contributed by atoms with Crippen LogP contribution in [-0.4, -0.2) is 56.0 Å². The molecule has 0 aromatic heterocycles. The van der Waals surface area contributed by atoms with Crippen molar-refractivity contribution in [2.24, 2.45) is 0 Å². The zero-order chi connectivity index (χ0) is 17.3. The number of amides is 1. The fourth-order valence-electron chi connectivity index (χ4n) is 3.98. The van der Waals surface area contributed by atoms with Crippen LogP contribution < -0.4 is 4.90 Å². The molecule has 3 rings (SSSR count). The zero-order valence-electron chi connectivity index (χ0n) is 14.3. The largest absolute Gasteiger partial charge is 0.465 e. The molecule has 0 aliphatic carbocycles. The quantitative estimate of drug-likeness (QED) is 0.849. The number of hydrogen-bond donors (Lipinski definition) is 1. The normalized spacial score (nSPS) is 20.4. The lowest BCUT2D eigenvalue weighted by atomic mass is 9.89. The Kier molecular flexibility index (Phi) is 5.35. The maximum absolute atomic E-state index is 11.4.